The van der Waals surface area contributed by atoms with Crippen LogP contribution < -0.4 is 15.8 Å². The molecule has 0 aromatic heterocycles. The highest BCUT2D eigenvalue weighted by molar-refractivity contribution is 7.80. The van der Waals surface area contributed by atoms with Gasteiger partial charge in [0.05, 0.1) is 0 Å². The molecule has 0 heterocycles. The summed E-state index contributed by atoms with van der Waals surface area (Å²) in [6.45, 7) is 7.70. The van der Waals surface area contributed by atoms with Crippen LogP contribution in [0.2, 0.25) is 0 Å². The van der Waals surface area contributed by atoms with Crippen molar-refractivity contribution in [2.24, 2.45) is 5.73 Å². The molecule has 0 spiro atoms. The van der Waals surface area contributed by atoms with E-state index in [-0.39, 0.29) is 11.4 Å². The van der Waals surface area contributed by atoms with Gasteiger partial charge in [0.2, 0.25) is 0 Å². The second kappa shape index (κ2) is 6.70. The van der Waals surface area contributed by atoms with Crippen molar-refractivity contribution in [1.82, 2.24) is 5.32 Å². The minimum Gasteiger partial charge on any atom is -0.481 e. The summed E-state index contributed by atoms with van der Waals surface area (Å²) in [6, 6.07) is 7.11. The standard InChI is InChI=1S/C15H22N2O2S/c1-5-15(3,4)17-14(18)10(2)19-12-8-6-7-11(9-12)13(16)20/h6-10H,5H2,1-4H3,(H2,16,20)(H,17,18). The molecule has 0 bridgehead atoms. The highest BCUT2D eigenvalue weighted by Gasteiger charge is 2.22. The number of amides is 1. The molecule has 1 atom stereocenters. The van der Waals surface area contributed by atoms with Crippen LogP contribution in [0, 0.1) is 0 Å². The molecule has 3 N–H and O–H groups in total. The molecule has 110 valence electrons. The first-order valence-corrected chi connectivity index (χ1v) is 7.04. The van der Waals surface area contributed by atoms with Crippen molar-refractivity contribution in [2.45, 2.75) is 45.8 Å². The number of hydrogen-bond donors (Lipinski definition) is 2. The SMILES string of the molecule is CCC(C)(C)NC(=O)C(C)Oc1cccc(C(N)=S)c1. The number of benzene rings is 1. The van der Waals surface area contributed by atoms with Crippen LogP contribution in [0.15, 0.2) is 24.3 Å². The number of carbonyl (C=O) groups excluding carboxylic acids is 1. The van der Waals surface area contributed by atoms with Gasteiger partial charge >= 0.3 is 0 Å². The van der Waals surface area contributed by atoms with Gasteiger partial charge in [0.15, 0.2) is 6.10 Å². The normalized spacial score (nSPS) is 12.6. The van der Waals surface area contributed by atoms with Gasteiger partial charge in [-0.25, -0.2) is 0 Å². The Morgan fingerprint density at radius 1 is 1.50 bits per heavy atom. The summed E-state index contributed by atoms with van der Waals surface area (Å²) in [5, 5.41) is 2.95. The molecular formula is C15H22N2O2S. The first kappa shape index (κ1) is 16.4. The molecule has 4 nitrogen and oxygen atoms in total. The molecule has 1 rings (SSSR count). The summed E-state index contributed by atoms with van der Waals surface area (Å²) >= 11 is 4.92. The predicted octanol–water partition coefficient (Wildman–Crippen LogP) is 2.39. The van der Waals surface area contributed by atoms with E-state index in [2.05, 4.69) is 5.32 Å². The van der Waals surface area contributed by atoms with Crippen molar-refractivity contribution in [2.75, 3.05) is 0 Å². The second-order valence-electron chi connectivity index (χ2n) is 5.38. The lowest BCUT2D eigenvalue weighted by Gasteiger charge is -2.26. The van der Waals surface area contributed by atoms with Gasteiger partial charge < -0.3 is 15.8 Å². The molecule has 0 aliphatic rings. The first-order chi connectivity index (χ1) is 9.25. The lowest BCUT2D eigenvalue weighted by molar-refractivity contribution is -0.128. The quantitative estimate of drug-likeness (QED) is 0.791. The third-order valence-corrected chi connectivity index (χ3v) is 3.38. The predicted molar refractivity (Wildman–Crippen MR) is 84.9 cm³/mol. The third kappa shape index (κ3) is 4.81. The number of hydrogen-bond acceptors (Lipinski definition) is 3. The van der Waals surface area contributed by atoms with Gasteiger partial charge in [-0.1, -0.05) is 31.3 Å². The molecule has 0 saturated carbocycles. The highest BCUT2D eigenvalue weighted by Crippen LogP contribution is 2.16. The molecule has 20 heavy (non-hydrogen) atoms. The molecule has 0 saturated heterocycles. The van der Waals surface area contributed by atoms with Crippen molar-refractivity contribution in [3.05, 3.63) is 29.8 Å². The Kier molecular flexibility index (Phi) is 5.51. The van der Waals surface area contributed by atoms with E-state index in [0.717, 1.165) is 12.0 Å². The minimum atomic E-state index is -0.581. The van der Waals surface area contributed by atoms with Gasteiger partial charge in [-0.05, 0) is 39.3 Å². The largest absolute Gasteiger partial charge is 0.481 e. The van der Waals surface area contributed by atoms with Crippen molar-refractivity contribution < 1.29 is 9.53 Å². The van der Waals surface area contributed by atoms with Gasteiger partial charge in [-0.2, -0.15) is 0 Å². The zero-order valence-electron chi connectivity index (χ0n) is 12.4. The summed E-state index contributed by atoms with van der Waals surface area (Å²) in [6.07, 6.45) is 0.269. The van der Waals surface area contributed by atoms with Gasteiger partial charge in [-0.3, -0.25) is 4.79 Å². The lowest BCUT2D eigenvalue weighted by Crippen LogP contribution is -2.48. The van der Waals surface area contributed by atoms with Crippen LogP contribution in [0.1, 0.15) is 39.7 Å². The summed E-state index contributed by atoms with van der Waals surface area (Å²) in [5.74, 6) is 0.435. The molecule has 0 radical (unpaired) electrons. The maximum Gasteiger partial charge on any atom is 0.261 e. The lowest BCUT2D eigenvalue weighted by atomic mass is 10.0. The molecule has 1 aromatic carbocycles. The van der Waals surface area contributed by atoms with E-state index in [4.69, 9.17) is 22.7 Å². The van der Waals surface area contributed by atoms with Crippen LogP contribution in [-0.4, -0.2) is 22.5 Å². The van der Waals surface area contributed by atoms with E-state index in [9.17, 15) is 4.79 Å². The summed E-state index contributed by atoms with van der Waals surface area (Å²) in [4.78, 5) is 12.4. The fourth-order valence-electron chi connectivity index (χ4n) is 1.50. The van der Waals surface area contributed by atoms with Crippen molar-refractivity contribution in [1.29, 1.82) is 0 Å². The van der Waals surface area contributed by atoms with Crippen LogP contribution >= 0.6 is 12.2 Å². The summed E-state index contributed by atoms with van der Waals surface area (Å²) < 4.78 is 5.63. The Bertz CT molecular complexity index is 500. The van der Waals surface area contributed by atoms with E-state index in [1.165, 1.54) is 0 Å². The number of rotatable bonds is 6. The first-order valence-electron chi connectivity index (χ1n) is 6.63. The van der Waals surface area contributed by atoms with E-state index in [0.29, 0.717) is 10.7 Å². The number of nitrogens with two attached hydrogens (primary N) is 1. The van der Waals surface area contributed by atoms with Crippen molar-refractivity contribution >= 4 is 23.1 Å². The fraction of sp³-hybridized carbons (Fsp3) is 0.467. The Hall–Kier alpha value is -1.62. The Morgan fingerprint density at radius 2 is 2.15 bits per heavy atom. The van der Waals surface area contributed by atoms with Crippen LogP contribution in [0.5, 0.6) is 5.75 Å². The Morgan fingerprint density at radius 3 is 2.70 bits per heavy atom. The Balaban J connectivity index is 2.71. The average molecular weight is 294 g/mol. The van der Waals surface area contributed by atoms with Gasteiger partial charge in [0, 0.05) is 11.1 Å². The number of carbonyl (C=O) groups is 1. The van der Waals surface area contributed by atoms with Crippen LogP contribution in [0.3, 0.4) is 0 Å². The van der Waals surface area contributed by atoms with Gasteiger partial charge in [0.1, 0.15) is 10.7 Å². The van der Waals surface area contributed by atoms with Crippen molar-refractivity contribution in [3.63, 3.8) is 0 Å². The number of ether oxygens (including phenoxy) is 1. The zero-order valence-corrected chi connectivity index (χ0v) is 13.2. The molecule has 1 aromatic rings. The number of thiocarbonyl (C=S) groups is 1. The minimum absolute atomic E-state index is 0.141. The maximum absolute atomic E-state index is 12.1. The molecule has 1 unspecified atom stereocenters. The summed E-state index contributed by atoms with van der Waals surface area (Å²) in [7, 11) is 0. The highest BCUT2D eigenvalue weighted by atomic mass is 32.1. The van der Waals surface area contributed by atoms with Gasteiger partial charge in [0.25, 0.3) is 5.91 Å². The van der Waals surface area contributed by atoms with E-state index < -0.39 is 6.10 Å². The van der Waals surface area contributed by atoms with E-state index in [1.807, 2.05) is 20.8 Å². The second-order valence-corrected chi connectivity index (χ2v) is 5.82. The third-order valence-electron chi connectivity index (χ3n) is 3.15. The van der Waals surface area contributed by atoms with Crippen molar-refractivity contribution in [3.8, 4) is 5.75 Å². The van der Waals surface area contributed by atoms with E-state index >= 15 is 0 Å². The molecule has 0 aliphatic heterocycles. The monoisotopic (exact) mass is 294 g/mol. The molecular weight excluding hydrogens is 272 g/mol. The molecule has 1 amide bonds. The molecule has 0 aliphatic carbocycles. The number of nitrogens with one attached hydrogen (secondary N) is 1. The van der Waals surface area contributed by atoms with Crippen LogP contribution in [0.4, 0.5) is 0 Å². The summed E-state index contributed by atoms with van der Waals surface area (Å²) in [5.41, 5.74) is 6.05. The molecule has 0 fully saturated rings. The van der Waals surface area contributed by atoms with Crippen LogP contribution in [-0.2, 0) is 4.79 Å². The maximum atomic E-state index is 12.1. The molecule has 5 heteroatoms. The zero-order chi connectivity index (χ0) is 15.3. The Labute approximate surface area is 125 Å². The fourth-order valence-corrected chi connectivity index (χ4v) is 1.63. The topological polar surface area (TPSA) is 64.3 Å². The smallest absolute Gasteiger partial charge is 0.261 e. The average Bonchev–Trinajstić information content (AvgIpc) is 2.38. The van der Waals surface area contributed by atoms with E-state index in [1.54, 1.807) is 31.2 Å². The van der Waals surface area contributed by atoms with Crippen LogP contribution in [0.25, 0.3) is 0 Å². The van der Waals surface area contributed by atoms with Gasteiger partial charge in [-0.15, -0.1) is 0 Å².